The minimum absolute atomic E-state index is 0.0769. The first-order valence-corrected chi connectivity index (χ1v) is 14.0. The quantitative estimate of drug-likeness (QED) is 0.302. The van der Waals surface area contributed by atoms with Crippen molar-refractivity contribution in [2.24, 2.45) is 5.92 Å². The Kier molecular flexibility index (Phi) is 11.6. The topological polar surface area (TPSA) is 67.9 Å². The van der Waals surface area contributed by atoms with Gasteiger partial charge in [-0.25, -0.2) is 0 Å². The highest BCUT2D eigenvalue weighted by Crippen LogP contribution is 2.21. The molecule has 0 unspecified atom stereocenters. The van der Waals surface area contributed by atoms with Gasteiger partial charge in [-0.05, 0) is 46.9 Å². The van der Waals surface area contributed by atoms with Crippen LogP contribution >= 0.6 is 11.8 Å². The smallest absolute Gasteiger partial charge is 0.243 e. The minimum Gasteiger partial charge on any atom is -0.497 e. The van der Waals surface area contributed by atoms with Gasteiger partial charge in [0, 0.05) is 25.3 Å². The van der Waals surface area contributed by atoms with E-state index in [0.29, 0.717) is 36.9 Å². The lowest BCUT2D eigenvalue weighted by Crippen LogP contribution is -2.51. The summed E-state index contributed by atoms with van der Waals surface area (Å²) in [7, 11) is 3.26. The van der Waals surface area contributed by atoms with Gasteiger partial charge in [0.15, 0.2) is 0 Å². The van der Waals surface area contributed by atoms with Crippen molar-refractivity contribution < 1.29 is 19.1 Å². The van der Waals surface area contributed by atoms with Crippen LogP contribution in [0.15, 0.2) is 78.9 Å². The normalized spacial score (nSPS) is 11.6. The number of thioether (sulfide) groups is 1. The van der Waals surface area contributed by atoms with E-state index in [4.69, 9.17) is 9.47 Å². The molecule has 38 heavy (non-hydrogen) atoms. The average Bonchev–Trinajstić information content (AvgIpc) is 2.94. The first-order chi connectivity index (χ1) is 18.4. The maximum Gasteiger partial charge on any atom is 0.243 e. The number of ether oxygens (including phenoxy) is 2. The second-order valence-corrected chi connectivity index (χ2v) is 10.5. The van der Waals surface area contributed by atoms with Crippen molar-refractivity contribution in [1.29, 1.82) is 0 Å². The van der Waals surface area contributed by atoms with E-state index >= 15 is 0 Å². The molecule has 0 bridgehead atoms. The lowest BCUT2D eigenvalue weighted by molar-refractivity contribution is -0.139. The summed E-state index contributed by atoms with van der Waals surface area (Å²) in [4.78, 5) is 29.0. The fourth-order valence-corrected chi connectivity index (χ4v) is 4.88. The summed E-state index contributed by atoms with van der Waals surface area (Å²) >= 11 is 1.54. The fraction of sp³-hybridized carbons (Fsp3) is 0.355. The summed E-state index contributed by atoms with van der Waals surface area (Å²) in [6, 6.07) is 24.7. The van der Waals surface area contributed by atoms with E-state index in [1.54, 1.807) is 19.1 Å². The Labute approximate surface area is 230 Å². The Balaban J connectivity index is 1.84. The zero-order chi connectivity index (χ0) is 27.3. The van der Waals surface area contributed by atoms with Crippen LogP contribution in [0.25, 0.3) is 0 Å². The molecular weight excluding hydrogens is 496 g/mol. The number of amides is 2. The highest BCUT2D eigenvalue weighted by atomic mass is 32.2. The van der Waals surface area contributed by atoms with Gasteiger partial charge in [0.25, 0.3) is 0 Å². The van der Waals surface area contributed by atoms with Gasteiger partial charge < -0.3 is 19.7 Å². The summed E-state index contributed by atoms with van der Waals surface area (Å²) in [5, 5.41) is 3.06. The number of nitrogens with one attached hydrogen (secondary N) is 1. The van der Waals surface area contributed by atoms with Crippen molar-refractivity contribution in [3.63, 3.8) is 0 Å². The van der Waals surface area contributed by atoms with Crippen molar-refractivity contribution in [3.05, 3.63) is 95.6 Å². The summed E-state index contributed by atoms with van der Waals surface area (Å²) < 4.78 is 10.6. The Morgan fingerprint density at radius 1 is 0.842 bits per heavy atom. The van der Waals surface area contributed by atoms with E-state index in [9.17, 15) is 9.59 Å². The molecule has 0 fully saturated rings. The van der Waals surface area contributed by atoms with E-state index in [0.717, 1.165) is 22.4 Å². The zero-order valence-corrected chi connectivity index (χ0v) is 23.5. The number of benzene rings is 3. The number of hydrogen-bond donors (Lipinski definition) is 1. The third-order valence-corrected chi connectivity index (χ3v) is 7.08. The molecule has 0 radical (unpaired) electrons. The molecular formula is C31H38N2O4S. The van der Waals surface area contributed by atoms with Gasteiger partial charge in [-0.1, -0.05) is 68.4 Å². The number of nitrogens with zero attached hydrogens (tertiary/aromatic N) is 1. The molecule has 7 heteroatoms. The van der Waals surface area contributed by atoms with Crippen LogP contribution in [-0.2, 0) is 28.3 Å². The van der Waals surface area contributed by atoms with Crippen molar-refractivity contribution >= 4 is 23.6 Å². The summed E-state index contributed by atoms with van der Waals surface area (Å²) in [5.41, 5.74) is 3.03. The molecule has 0 aromatic heterocycles. The Hall–Kier alpha value is -3.45. The first-order valence-electron chi connectivity index (χ1n) is 12.8. The summed E-state index contributed by atoms with van der Waals surface area (Å²) in [5.74, 6) is 2.55. The Morgan fingerprint density at radius 2 is 1.53 bits per heavy atom. The van der Waals surface area contributed by atoms with Crippen LogP contribution < -0.4 is 14.8 Å². The lowest BCUT2D eigenvalue weighted by Gasteiger charge is -2.32. The largest absolute Gasteiger partial charge is 0.497 e. The molecule has 0 aliphatic rings. The highest BCUT2D eigenvalue weighted by Gasteiger charge is 2.30. The lowest BCUT2D eigenvalue weighted by atomic mass is 10.0. The van der Waals surface area contributed by atoms with Gasteiger partial charge in [0.2, 0.25) is 11.8 Å². The molecule has 0 aliphatic carbocycles. The van der Waals surface area contributed by atoms with Crippen molar-refractivity contribution in [3.8, 4) is 11.5 Å². The van der Waals surface area contributed by atoms with Gasteiger partial charge in [-0.2, -0.15) is 0 Å². The second kappa shape index (κ2) is 15.1. The Bertz CT molecular complexity index is 1150. The number of carbonyl (C=O) groups is 2. The molecule has 3 aromatic rings. The minimum atomic E-state index is -0.642. The van der Waals surface area contributed by atoms with Crippen molar-refractivity contribution in [2.45, 2.75) is 38.6 Å². The van der Waals surface area contributed by atoms with Crippen LogP contribution in [0.1, 0.15) is 30.5 Å². The molecule has 0 saturated heterocycles. The molecule has 6 nitrogen and oxygen atoms in total. The predicted octanol–water partition coefficient (Wildman–Crippen LogP) is 5.35. The molecule has 0 heterocycles. The number of carbonyl (C=O) groups excluding carboxylic acids is 2. The monoisotopic (exact) mass is 534 g/mol. The summed E-state index contributed by atoms with van der Waals surface area (Å²) in [6.45, 7) is 4.98. The molecule has 3 rings (SSSR count). The maximum absolute atomic E-state index is 13.7. The zero-order valence-electron chi connectivity index (χ0n) is 22.7. The summed E-state index contributed by atoms with van der Waals surface area (Å²) in [6.07, 6.45) is 0.434. The van der Waals surface area contributed by atoms with Crippen molar-refractivity contribution in [2.75, 3.05) is 26.5 Å². The van der Waals surface area contributed by atoms with Crippen LogP contribution in [0.5, 0.6) is 11.5 Å². The van der Waals surface area contributed by atoms with E-state index < -0.39 is 6.04 Å². The Morgan fingerprint density at radius 3 is 2.18 bits per heavy atom. The van der Waals surface area contributed by atoms with E-state index in [1.165, 1.54) is 11.8 Å². The van der Waals surface area contributed by atoms with E-state index in [1.807, 2.05) is 78.9 Å². The molecule has 1 atom stereocenters. The highest BCUT2D eigenvalue weighted by molar-refractivity contribution is 7.99. The molecule has 2 amide bonds. The standard InChI is InChI=1S/C31H38N2O4S/c1-23(2)19-32-31(35)29(18-24-9-6-5-7-10-24)33(20-26-11-8-12-28(17-26)37-4)30(34)22-38-21-25-13-15-27(36-3)16-14-25/h5-17,23,29H,18-22H2,1-4H3,(H,32,35)/t29-/m0/s1. The van der Waals surface area contributed by atoms with Crippen LogP contribution in [-0.4, -0.2) is 49.3 Å². The second-order valence-electron chi connectivity index (χ2n) is 9.56. The fourth-order valence-electron chi connectivity index (χ4n) is 4.00. The van der Waals surface area contributed by atoms with E-state index in [2.05, 4.69) is 19.2 Å². The number of rotatable bonds is 14. The van der Waals surface area contributed by atoms with Gasteiger partial charge in [0.1, 0.15) is 17.5 Å². The van der Waals surface area contributed by atoms with Gasteiger partial charge in [0.05, 0.1) is 20.0 Å². The number of hydrogen-bond acceptors (Lipinski definition) is 5. The predicted molar refractivity (Wildman–Crippen MR) is 154 cm³/mol. The van der Waals surface area contributed by atoms with Crippen molar-refractivity contribution in [1.82, 2.24) is 10.2 Å². The third-order valence-electron chi connectivity index (χ3n) is 6.10. The maximum atomic E-state index is 13.7. The molecule has 0 spiro atoms. The van der Waals surface area contributed by atoms with Gasteiger partial charge in [-0.3, -0.25) is 9.59 Å². The molecule has 0 aliphatic heterocycles. The average molecular weight is 535 g/mol. The van der Waals surface area contributed by atoms with Gasteiger partial charge >= 0.3 is 0 Å². The third kappa shape index (κ3) is 9.14. The van der Waals surface area contributed by atoms with Crippen LogP contribution in [0.2, 0.25) is 0 Å². The van der Waals surface area contributed by atoms with Gasteiger partial charge in [-0.15, -0.1) is 11.8 Å². The van der Waals surface area contributed by atoms with Crippen LogP contribution in [0, 0.1) is 5.92 Å². The first kappa shape index (κ1) is 29.1. The van der Waals surface area contributed by atoms with Crippen LogP contribution in [0.3, 0.4) is 0 Å². The van der Waals surface area contributed by atoms with Crippen LogP contribution in [0.4, 0.5) is 0 Å². The molecule has 0 saturated carbocycles. The van der Waals surface area contributed by atoms with E-state index in [-0.39, 0.29) is 17.6 Å². The SMILES string of the molecule is COc1ccc(CSCC(=O)N(Cc2cccc(OC)c2)[C@@H](Cc2ccccc2)C(=O)NCC(C)C)cc1. The molecule has 1 N–H and O–H groups in total. The molecule has 202 valence electrons. The number of methoxy groups -OCH3 is 2. The molecule has 3 aromatic carbocycles.